The van der Waals surface area contributed by atoms with Gasteiger partial charge in [-0.3, -0.25) is 4.79 Å². The summed E-state index contributed by atoms with van der Waals surface area (Å²) in [5.74, 6) is -0.471. The van der Waals surface area contributed by atoms with E-state index in [0.717, 1.165) is 0 Å². The molecule has 1 atom stereocenters. The second-order valence-electron chi connectivity index (χ2n) is 3.70. The van der Waals surface area contributed by atoms with Gasteiger partial charge < -0.3 is 15.6 Å². The number of halogens is 1. The van der Waals surface area contributed by atoms with E-state index >= 15 is 0 Å². The van der Waals surface area contributed by atoms with Gasteiger partial charge in [0.05, 0.1) is 7.11 Å². The molecule has 0 radical (unpaired) electrons. The predicted octanol–water partition coefficient (Wildman–Crippen LogP) is 2.03. The first-order valence-corrected chi connectivity index (χ1v) is 5.29. The highest BCUT2D eigenvalue weighted by atomic mass is 19.1. The molecule has 0 aromatic heterocycles. The molecule has 94 valence electrons. The molecule has 5 heteroatoms. The van der Waals surface area contributed by atoms with Crippen LogP contribution in [0.5, 0.6) is 5.75 Å². The van der Waals surface area contributed by atoms with Gasteiger partial charge in [-0.25, -0.2) is 4.39 Å². The monoisotopic (exact) mass is 241 g/mol. The average Bonchev–Trinajstić information content (AvgIpc) is 2.34. The van der Waals surface area contributed by atoms with Crippen molar-refractivity contribution in [3.8, 4) is 5.75 Å². The molecule has 1 aromatic rings. The van der Waals surface area contributed by atoms with E-state index in [2.05, 4.69) is 0 Å². The van der Waals surface area contributed by atoms with Crippen LogP contribution in [0.4, 0.5) is 4.39 Å². The quantitative estimate of drug-likeness (QED) is 0.799. The van der Waals surface area contributed by atoms with Crippen molar-refractivity contribution in [1.82, 2.24) is 0 Å². The van der Waals surface area contributed by atoms with Gasteiger partial charge >= 0.3 is 5.97 Å². The number of hydrogen-bond acceptors (Lipinski definition) is 3. The smallest absolute Gasteiger partial charge is 0.303 e. The molecule has 0 saturated heterocycles. The molecule has 1 rings (SSSR count). The number of benzene rings is 1. The Morgan fingerprint density at radius 1 is 1.59 bits per heavy atom. The van der Waals surface area contributed by atoms with Crippen LogP contribution in [0.1, 0.15) is 30.0 Å². The van der Waals surface area contributed by atoms with E-state index in [4.69, 9.17) is 15.6 Å². The summed E-state index contributed by atoms with van der Waals surface area (Å²) in [4.78, 5) is 10.5. The Morgan fingerprint density at radius 3 is 2.82 bits per heavy atom. The number of methoxy groups -OCH3 is 1. The number of aliphatic carboxylic acids is 1. The third-order valence-electron chi connectivity index (χ3n) is 2.59. The van der Waals surface area contributed by atoms with Crippen LogP contribution in [0.2, 0.25) is 0 Å². The highest BCUT2D eigenvalue weighted by Gasteiger charge is 2.15. The molecule has 0 aliphatic carbocycles. The van der Waals surface area contributed by atoms with Crippen molar-refractivity contribution in [3.63, 3.8) is 0 Å². The summed E-state index contributed by atoms with van der Waals surface area (Å²) >= 11 is 0. The van der Waals surface area contributed by atoms with Crippen LogP contribution in [-0.4, -0.2) is 18.2 Å². The largest absolute Gasteiger partial charge is 0.496 e. The highest BCUT2D eigenvalue weighted by molar-refractivity contribution is 5.66. The van der Waals surface area contributed by atoms with E-state index < -0.39 is 18.7 Å². The van der Waals surface area contributed by atoms with E-state index in [1.54, 1.807) is 18.2 Å². The molecule has 0 heterocycles. The fraction of sp³-hybridized carbons (Fsp3) is 0.417. The van der Waals surface area contributed by atoms with Crippen LogP contribution in [0.25, 0.3) is 0 Å². The third kappa shape index (κ3) is 3.42. The average molecular weight is 241 g/mol. The van der Waals surface area contributed by atoms with Crippen LogP contribution in [0, 0.1) is 0 Å². The number of alkyl halides is 1. The molecule has 0 saturated carbocycles. The molecule has 4 nitrogen and oxygen atoms in total. The number of hydrogen-bond donors (Lipinski definition) is 2. The minimum Gasteiger partial charge on any atom is -0.496 e. The maximum absolute atomic E-state index is 12.9. The fourth-order valence-electron chi connectivity index (χ4n) is 1.70. The number of carboxylic acids is 1. The van der Waals surface area contributed by atoms with E-state index in [0.29, 0.717) is 16.9 Å². The second-order valence-corrected chi connectivity index (χ2v) is 3.70. The van der Waals surface area contributed by atoms with Gasteiger partial charge in [0, 0.05) is 18.0 Å². The second kappa shape index (κ2) is 6.20. The molecule has 0 bridgehead atoms. The Labute approximate surface area is 99.2 Å². The third-order valence-corrected chi connectivity index (χ3v) is 2.59. The highest BCUT2D eigenvalue weighted by Crippen LogP contribution is 2.28. The van der Waals surface area contributed by atoms with E-state index in [1.165, 1.54) is 7.11 Å². The number of carboxylic acid groups (broad SMARTS) is 1. The first-order valence-electron chi connectivity index (χ1n) is 5.29. The van der Waals surface area contributed by atoms with E-state index in [1.807, 2.05) is 0 Å². The molecule has 1 aromatic carbocycles. The van der Waals surface area contributed by atoms with Gasteiger partial charge in [-0.2, -0.15) is 0 Å². The number of nitrogens with two attached hydrogens (primary N) is 1. The summed E-state index contributed by atoms with van der Waals surface area (Å²) in [5.41, 5.74) is 6.86. The van der Waals surface area contributed by atoms with Gasteiger partial charge in [-0.05, 0) is 18.1 Å². The minimum absolute atomic E-state index is 0.0376. The van der Waals surface area contributed by atoms with Gasteiger partial charge in [0.15, 0.2) is 0 Å². The Hall–Kier alpha value is -1.62. The van der Waals surface area contributed by atoms with Crippen LogP contribution in [0.3, 0.4) is 0 Å². The zero-order valence-corrected chi connectivity index (χ0v) is 9.65. The van der Waals surface area contributed by atoms with Gasteiger partial charge in [-0.1, -0.05) is 12.1 Å². The van der Waals surface area contributed by atoms with Crippen molar-refractivity contribution >= 4 is 5.97 Å². The fourth-order valence-corrected chi connectivity index (χ4v) is 1.70. The predicted molar refractivity (Wildman–Crippen MR) is 61.6 cm³/mol. The maximum atomic E-state index is 12.9. The molecule has 0 fully saturated rings. The van der Waals surface area contributed by atoms with Crippen molar-refractivity contribution in [2.45, 2.75) is 25.6 Å². The normalized spacial score (nSPS) is 12.2. The SMILES string of the molecule is COc1cccc(C(N)CCC(=O)O)c1CF. The van der Waals surface area contributed by atoms with Gasteiger partial charge in [0.1, 0.15) is 12.4 Å². The maximum Gasteiger partial charge on any atom is 0.303 e. The van der Waals surface area contributed by atoms with Crippen molar-refractivity contribution in [2.75, 3.05) is 7.11 Å². The van der Waals surface area contributed by atoms with Gasteiger partial charge in [0.2, 0.25) is 0 Å². The summed E-state index contributed by atoms with van der Waals surface area (Å²) in [6.45, 7) is -0.680. The summed E-state index contributed by atoms with van der Waals surface area (Å²) in [7, 11) is 1.46. The lowest BCUT2D eigenvalue weighted by molar-refractivity contribution is -0.137. The van der Waals surface area contributed by atoms with Crippen molar-refractivity contribution < 1.29 is 19.0 Å². The van der Waals surface area contributed by atoms with Crippen LogP contribution in [-0.2, 0) is 11.5 Å². The molecule has 0 spiro atoms. The van der Waals surface area contributed by atoms with Crippen molar-refractivity contribution in [1.29, 1.82) is 0 Å². The molecule has 0 amide bonds. The molecular weight excluding hydrogens is 225 g/mol. The Kier molecular flexibility index (Phi) is 4.90. The first kappa shape index (κ1) is 13.4. The van der Waals surface area contributed by atoms with Gasteiger partial charge in [0.25, 0.3) is 0 Å². The molecule has 1 unspecified atom stereocenters. The van der Waals surface area contributed by atoms with Crippen LogP contribution < -0.4 is 10.5 Å². The molecular formula is C12H16FNO3. The van der Waals surface area contributed by atoms with E-state index in [-0.39, 0.29) is 12.8 Å². The minimum atomic E-state index is -0.912. The van der Waals surface area contributed by atoms with Crippen molar-refractivity contribution in [2.24, 2.45) is 5.73 Å². The van der Waals surface area contributed by atoms with Crippen LogP contribution >= 0.6 is 0 Å². The summed E-state index contributed by atoms with van der Waals surface area (Å²) in [6.07, 6.45) is 0.236. The molecule has 3 N–H and O–H groups in total. The molecule has 0 aliphatic heterocycles. The molecule has 17 heavy (non-hydrogen) atoms. The zero-order valence-electron chi connectivity index (χ0n) is 9.65. The lowest BCUT2D eigenvalue weighted by Crippen LogP contribution is -2.14. The summed E-state index contributed by atoms with van der Waals surface area (Å²) < 4.78 is 18.0. The Balaban J connectivity index is 2.92. The first-order chi connectivity index (χ1) is 8.10. The van der Waals surface area contributed by atoms with Gasteiger partial charge in [-0.15, -0.1) is 0 Å². The zero-order chi connectivity index (χ0) is 12.8. The lowest BCUT2D eigenvalue weighted by atomic mass is 9.97. The number of ether oxygens (including phenoxy) is 1. The Bertz CT molecular complexity index is 395. The standard InChI is InChI=1S/C12H16FNO3/c1-17-11-4-2-3-8(9(11)7-13)10(14)5-6-12(15)16/h2-4,10H,5-7,14H2,1H3,(H,15,16). The topological polar surface area (TPSA) is 72.5 Å². The lowest BCUT2D eigenvalue weighted by Gasteiger charge is -2.16. The molecule has 0 aliphatic rings. The summed E-state index contributed by atoms with van der Waals surface area (Å²) in [5, 5.41) is 8.58. The van der Waals surface area contributed by atoms with Crippen molar-refractivity contribution in [3.05, 3.63) is 29.3 Å². The summed E-state index contributed by atoms with van der Waals surface area (Å²) in [6, 6.07) is 4.58. The van der Waals surface area contributed by atoms with Crippen LogP contribution in [0.15, 0.2) is 18.2 Å². The Morgan fingerprint density at radius 2 is 2.29 bits per heavy atom. The number of carbonyl (C=O) groups is 1. The number of rotatable bonds is 6. The van der Waals surface area contributed by atoms with E-state index in [9.17, 15) is 9.18 Å².